The fourth-order valence-corrected chi connectivity index (χ4v) is 5.14. The monoisotopic (exact) mass is 471 g/mol. The Morgan fingerprint density at radius 3 is 2.64 bits per heavy atom. The third-order valence-electron chi connectivity index (χ3n) is 6.32. The van der Waals surface area contributed by atoms with E-state index in [-0.39, 0.29) is 29.1 Å². The van der Waals surface area contributed by atoms with Crippen molar-refractivity contribution in [3.8, 4) is 0 Å². The number of nitrogens with one attached hydrogen (secondary N) is 2. The SMILES string of the molecule is Cc1ccc(NS(C)(=O)=O)c(C(=O)N2CCCC(C)C2c2cc3nc(C)c(C)c(=O)n3[nH]2)c1. The fraction of sp³-hybridized carbons (Fsp3) is 0.435. The molecule has 1 saturated heterocycles. The van der Waals surface area contributed by atoms with E-state index in [2.05, 4.69) is 21.7 Å². The predicted octanol–water partition coefficient (Wildman–Crippen LogP) is 2.93. The molecule has 9 nitrogen and oxygen atoms in total. The summed E-state index contributed by atoms with van der Waals surface area (Å²) >= 11 is 0. The van der Waals surface area contributed by atoms with E-state index < -0.39 is 10.0 Å². The topological polar surface area (TPSA) is 117 Å². The first-order valence-electron chi connectivity index (χ1n) is 10.9. The lowest BCUT2D eigenvalue weighted by atomic mass is 9.88. The van der Waals surface area contributed by atoms with Gasteiger partial charge in [0, 0.05) is 23.9 Å². The van der Waals surface area contributed by atoms with Crippen molar-refractivity contribution in [3.63, 3.8) is 0 Å². The number of anilines is 1. The van der Waals surface area contributed by atoms with Crippen molar-refractivity contribution < 1.29 is 13.2 Å². The molecular weight excluding hydrogens is 442 g/mol. The minimum absolute atomic E-state index is 0.129. The first-order chi connectivity index (χ1) is 15.5. The van der Waals surface area contributed by atoms with Crippen LogP contribution in [0.1, 0.15) is 58.7 Å². The third-order valence-corrected chi connectivity index (χ3v) is 6.91. The normalized spacial score (nSPS) is 19.1. The summed E-state index contributed by atoms with van der Waals surface area (Å²) in [5, 5.41) is 3.17. The largest absolute Gasteiger partial charge is 0.330 e. The Balaban J connectivity index is 1.80. The van der Waals surface area contributed by atoms with Crippen molar-refractivity contribution in [1.29, 1.82) is 0 Å². The number of fused-ring (bicyclic) bond motifs is 1. The molecule has 176 valence electrons. The summed E-state index contributed by atoms with van der Waals surface area (Å²) in [4.78, 5) is 32.8. The molecule has 3 aromatic rings. The molecule has 4 rings (SSSR count). The van der Waals surface area contributed by atoms with Crippen molar-refractivity contribution in [2.45, 2.75) is 46.6 Å². The second-order valence-electron chi connectivity index (χ2n) is 9.02. The molecular formula is C23H29N5O4S. The highest BCUT2D eigenvalue weighted by Gasteiger charge is 2.36. The van der Waals surface area contributed by atoms with E-state index in [1.807, 2.05) is 13.0 Å². The lowest BCUT2D eigenvalue weighted by Crippen LogP contribution is -2.42. The van der Waals surface area contributed by atoms with Crippen LogP contribution in [0.15, 0.2) is 29.1 Å². The van der Waals surface area contributed by atoms with Gasteiger partial charge in [0.25, 0.3) is 11.5 Å². The maximum absolute atomic E-state index is 13.8. The number of sulfonamides is 1. The van der Waals surface area contributed by atoms with Crippen LogP contribution in [0.5, 0.6) is 0 Å². The molecule has 1 amide bonds. The predicted molar refractivity (Wildman–Crippen MR) is 127 cm³/mol. The Morgan fingerprint density at radius 1 is 1.21 bits per heavy atom. The smallest absolute Gasteiger partial charge is 0.275 e. The summed E-state index contributed by atoms with van der Waals surface area (Å²) in [7, 11) is -3.56. The number of piperidine rings is 1. The van der Waals surface area contributed by atoms with Gasteiger partial charge in [-0.3, -0.25) is 19.4 Å². The van der Waals surface area contributed by atoms with E-state index in [0.29, 0.717) is 29.0 Å². The molecule has 1 aliphatic heterocycles. The van der Waals surface area contributed by atoms with E-state index in [0.717, 1.165) is 30.4 Å². The van der Waals surface area contributed by atoms with Crippen LogP contribution >= 0.6 is 0 Å². The molecule has 1 aromatic carbocycles. The van der Waals surface area contributed by atoms with Gasteiger partial charge in [0.1, 0.15) is 0 Å². The average molecular weight is 472 g/mol. The maximum Gasteiger partial charge on any atom is 0.275 e. The number of hydrogen-bond donors (Lipinski definition) is 2. The molecule has 0 bridgehead atoms. The summed E-state index contributed by atoms with van der Waals surface area (Å²) in [6.07, 6.45) is 2.82. The summed E-state index contributed by atoms with van der Waals surface area (Å²) in [6.45, 7) is 8.00. The fourth-order valence-electron chi connectivity index (χ4n) is 4.56. The standard InChI is InChI=1S/C23H29N5O4S/c1-13-8-9-18(26-33(5,31)32)17(11-13)23(30)27-10-6-7-14(2)21(27)19-12-20-24-16(4)15(3)22(29)28(20)25-19/h8-9,11-12,14,21,25-26H,6-7,10H2,1-5H3. The Kier molecular flexibility index (Phi) is 5.81. The molecule has 0 spiro atoms. The zero-order valence-corrected chi connectivity index (χ0v) is 20.3. The van der Waals surface area contributed by atoms with Gasteiger partial charge in [-0.25, -0.2) is 17.9 Å². The van der Waals surface area contributed by atoms with Crippen LogP contribution in [0.2, 0.25) is 0 Å². The number of aryl methyl sites for hydroxylation is 2. The van der Waals surface area contributed by atoms with E-state index in [1.165, 1.54) is 4.52 Å². The van der Waals surface area contributed by atoms with Crippen LogP contribution in [0, 0.1) is 26.7 Å². The summed E-state index contributed by atoms with van der Waals surface area (Å²) in [6, 6.07) is 6.60. The van der Waals surface area contributed by atoms with Crippen molar-refractivity contribution in [2.24, 2.45) is 5.92 Å². The average Bonchev–Trinajstić information content (AvgIpc) is 3.15. The molecule has 0 radical (unpaired) electrons. The van der Waals surface area contributed by atoms with E-state index in [9.17, 15) is 18.0 Å². The summed E-state index contributed by atoms with van der Waals surface area (Å²) in [5.41, 5.74) is 3.74. The number of carbonyl (C=O) groups is 1. The van der Waals surface area contributed by atoms with Crippen molar-refractivity contribution in [1.82, 2.24) is 19.5 Å². The minimum Gasteiger partial charge on any atom is -0.330 e. The number of H-pyrrole nitrogens is 1. The summed E-state index contributed by atoms with van der Waals surface area (Å²) < 4.78 is 27.6. The van der Waals surface area contributed by atoms with Gasteiger partial charge in [-0.1, -0.05) is 18.6 Å². The van der Waals surface area contributed by atoms with Crippen LogP contribution in [0.4, 0.5) is 5.69 Å². The van der Waals surface area contributed by atoms with Gasteiger partial charge >= 0.3 is 0 Å². The van der Waals surface area contributed by atoms with Crippen LogP contribution in [-0.4, -0.2) is 46.6 Å². The van der Waals surface area contributed by atoms with Gasteiger partial charge in [-0.2, -0.15) is 0 Å². The first kappa shape index (κ1) is 23.0. The number of rotatable bonds is 4. The number of nitrogens with zero attached hydrogens (tertiary/aromatic N) is 3. The van der Waals surface area contributed by atoms with Gasteiger partial charge in [-0.15, -0.1) is 0 Å². The van der Waals surface area contributed by atoms with E-state index in [4.69, 9.17) is 0 Å². The minimum atomic E-state index is -3.56. The molecule has 2 N–H and O–H groups in total. The maximum atomic E-state index is 13.8. The van der Waals surface area contributed by atoms with Gasteiger partial charge < -0.3 is 4.90 Å². The van der Waals surface area contributed by atoms with Crippen LogP contribution in [-0.2, 0) is 10.0 Å². The number of likely N-dealkylation sites (tertiary alicyclic amines) is 1. The highest BCUT2D eigenvalue weighted by atomic mass is 32.2. The molecule has 2 unspecified atom stereocenters. The highest BCUT2D eigenvalue weighted by molar-refractivity contribution is 7.92. The second kappa shape index (κ2) is 8.33. The van der Waals surface area contributed by atoms with Gasteiger partial charge in [-0.05, 0) is 51.7 Å². The van der Waals surface area contributed by atoms with Crippen LogP contribution < -0.4 is 10.3 Å². The molecule has 1 fully saturated rings. The number of aromatic nitrogens is 3. The zero-order valence-electron chi connectivity index (χ0n) is 19.5. The van der Waals surface area contributed by atoms with Gasteiger partial charge in [0.05, 0.1) is 29.2 Å². The van der Waals surface area contributed by atoms with Gasteiger partial charge in [0.2, 0.25) is 10.0 Å². The van der Waals surface area contributed by atoms with Crippen molar-refractivity contribution in [2.75, 3.05) is 17.5 Å². The molecule has 3 heterocycles. The first-order valence-corrected chi connectivity index (χ1v) is 12.8. The molecule has 0 aliphatic carbocycles. The Labute approximate surface area is 192 Å². The molecule has 0 saturated carbocycles. The highest BCUT2D eigenvalue weighted by Crippen LogP contribution is 2.37. The number of aromatic amines is 1. The Bertz CT molecular complexity index is 1410. The van der Waals surface area contributed by atoms with E-state index in [1.54, 1.807) is 36.9 Å². The number of benzene rings is 1. The third kappa shape index (κ3) is 4.39. The number of amides is 1. The Hall–Kier alpha value is -3.14. The molecule has 2 atom stereocenters. The Morgan fingerprint density at radius 2 is 1.94 bits per heavy atom. The van der Waals surface area contributed by atoms with Crippen molar-refractivity contribution in [3.05, 3.63) is 62.7 Å². The molecule has 1 aliphatic rings. The molecule has 2 aromatic heterocycles. The van der Waals surface area contributed by atoms with Crippen molar-refractivity contribution >= 4 is 27.3 Å². The lowest BCUT2D eigenvalue weighted by molar-refractivity contribution is 0.0505. The molecule has 33 heavy (non-hydrogen) atoms. The van der Waals surface area contributed by atoms with E-state index >= 15 is 0 Å². The lowest BCUT2D eigenvalue weighted by Gasteiger charge is -2.39. The van der Waals surface area contributed by atoms with Crippen LogP contribution in [0.3, 0.4) is 0 Å². The van der Waals surface area contributed by atoms with Crippen LogP contribution in [0.25, 0.3) is 5.65 Å². The summed E-state index contributed by atoms with van der Waals surface area (Å²) in [5.74, 6) is -0.127. The number of hydrogen-bond acceptors (Lipinski definition) is 5. The second-order valence-corrected chi connectivity index (χ2v) is 10.8. The number of carbonyl (C=O) groups excluding carboxylic acids is 1. The molecule has 10 heteroatoms. The zero-order chi connectivity index (χ0) is 24.1. The van der Waals surface area contributed by atoms with Gasteiger partial charge in [0.15, 0.2) is 5.65 Å². The quantitative estimate of drug-likeness (QED) is 0.607.